The summed E-state index contributed by atoms with van der Waals surface area (Å²) in [6.07, 6.45) is 2.73. The molecule has 162 valence electrons. The van der Waals surface area contributed by atoms with Gasteiger partial charge in [0.05, 0.1) is 5.69 Å². The topological polar surface area (TPSA) is 92.1 Å². The molecule has 0 aromatic carbocycles. The average Bonchev–Trinajstić information content (AvgIpc) is 2.91. The van der Waals surface area contributed by atoms with Gasteiger partial charge in [-0.25, -0.2) is 4.98 Å². The molecule has 30 heavy (non-hydrogen) atoms. The molecule has 1 unspecified atom stereocenters. The van der Waals surface area contributed by atoms with E-state index in [1.54, 1.807) is 13.2 Å². The van der Waals surface area contributed by atoms with Crippen LogP contribution in [0.4, 0.5) is 0 Å². The number of hydrogen-bond donors (Lipinski definition) is 2. The highest BCUT2D eigenvalue weighted by Gasteiger charge is 2.34. The van der Waals surface area contributed by atoms with Gasteiger partial charge in [-0.15, -0.1) is 0 Å². The number of hydrogen-bond acceptors (Lipinski definition) is 5. The summed E-state index contributed by atoms with van der Waals surface area (Å²) < 4.78 is 2.14. The van der Waals surface area contributed by atoms with E-state index in [-0.39, 0.29) is 11.8 Å². The number of aryl methyl sites for hydroxylation is 1. The van der Waals surface area contributed by atoms with E-state index in [0.717, 1.165) is 42.3 Å². The summed E-state index contributed by atoms with van der Waals surface area (Å²) in [5.41, 5.74) is 2.65. The largest absolute Gasteiger partial charge is 0.357 e. The maximum atomic E-state index is 13.3. The van der Waals surface area contributed by atoms with Crippen molar-refractivity contribution in [1.82, 2.24) is 30.1 Å². The quantitative estimate of drug-likeness (QED) is 0.801. The van der Waals surface area contributed by atoms with Crippen LogP contribution >= 0.6 is 0 Å². The first kappa shape index (κ1) is 22.0. The van der Waals surface area contributed by atoms with Gasteiger partial charge in [0, 0.05) is 37.6 Å². The lowest BCUT2D eigenvalue weighted by atomic mass is 9.86. The molecule has 3 heterocycles. The summed E-state index contributed by atoms with van der Waals surface area (Å²) in [6.45, 7) is 10.1. The highest BCUT2D eigenvalue weighted by molar-refractivity contribution is 5.97. The van der Waals surface area contributed by atoms with E-state index in [4.69, 9.17) is 4.98 Å². The van der Waals surface area contributed by atoms with E-state index in [0.29, 0.717) is 12.2 Å². The Labute approximate surface area is 178 Å². The second kappa shape index (κ2) is 8.55. The van der Waals surface area contributed by atoms with E-state index < -0.39 is 11.5 Å². The standard InChI is InChI=1S/C22H32N6O2/c1-14-12-15(8-9-24-14)19-25-17(16-13-27(6)10-7-11-28(16)19)20(29)26-18(21(30)23-5)22(2,3)4/h8-9,12,18H,7,10-11,13H2,1-6H3,(H,23,30)(H,26,29). The maximum Gasteiger partial charge on any atom is 0.272 e. The first-order valence-corrected chi connectivity index (χ1v) is 10.3. The zero-order valence-electron chi connectivity index (χ0n) is 18.7. The number of carbonyl (C=O) groups excluding carboxylic acids is 2. The number of fused-ring (bicyclic) bond motifs is 1. The van der Waals surface area contributed by atoms with E-state index >= 15 is 0 Å². The zero-order valence-corrected chi connectivity index (χ0v) is 18.7. The van der Waals surface area contributed by atoms with Gasteiger partial charge in [-0.1, -0.05) is 20.8 Å². The molecular formula is C22H32N6O2. The molecule has 0 aliphatic carbocycles. The molecule has 0 fully saturated rings. The first-order chi connectivity index (χ1) is 14.1. The Bertz CT molecular complexity index is 944. The van der Waals surface area contributed by atoms with Crippen molar-refractivity contribution < 1.29 is 9.59 Å². The summed E-state index contributed by atoms with van der Waals surface area (Å²) in [6, 6.07) is 3.23. The minimum atomic E-state index is -0.664. The van der Waals surface area contributed by atoms with Crippen molar-refractivity contribution in [1.29, 1.82) is 0 Å². The van der Waals surface area contributed by atoms with Crippen molar-refractivity contribution in [3.63, 3.8) is 0 Å². The fourth-order valence-electron chi connectivity index (χ4n) is 3.83. The van der Waals surface area contributed by atoms with E-state index in [1.807, 2.05) is 46.9 Å². The third-order valence-electron chi connectivity index (χ3n) is 5.43. The molecule has 2 aromatic rings. The number of rotatable bonds is 4. The SMILES string of the molecule is CNC(=O)C(NC(=O)c1nc(-c2ccnc(C)c2)n2c1CN(C)CCC2)C(C)(C)C. The van der Waals surface area contributed by atoms with Gasteiger partial charge in [0.2, 0.25) is 5.91 Å². The van der Waals surface area contributed by atoms with E-state index in [9.17, 15) is 9.59 Å². The Morgan fingerprint density at radius 3 is 2.60 bits per heavy atom. The van der Waals surface area contributed by atoms with Crippen LogP contribution in [0.25, 0.3) is 11.4 Å². The minimum Gasteiger partial charge on any atom is -0.357 e. The van der Waals surface area contributed by atoms with Gasteiger partial charge < -0.3 is 20.1 Å². The van der Waals surface area contributed by atoms with Crippen LogP contribution in [0.2, 0.25) is 0 Å². The lowest BCUT2D eigenvalue weighted by molar-refractivity contribution is -0.124. The zero-order chi connectivity index (χ0) is 22.1. The first-order valence-electron chi connectivity index (χ1n) is 10.3. The second-order valence-corrected chi connectivity index (χ2v) is 9.05. The second-order valence-electron chi connectivity index (χ2n) is 9.05. The Kier molecular flexibility index (Phi) is 6.26. The van der Waals surface area contributed by atoms with Crippen molar-refractivity contribution in [2.75, 3.05) is 20.6 Å². The maximum absolute atomic E-state index is 13.3. The number of carbonyl (C=O) groups is 2. The van der Waals surface area contributed by atoms with Crippen molar-refractivity contribution in [2.45, 2.75) is 53.2 Å². The number of amides is 2. The molecule has 1 aliphatic heterocycles. The molecule has 1 aliphatic rings. The van der Waals surface area contributed by atoms with Crippen LogP contribution in [-0.4, -0.2) is 57.9 Å². The number of imidazole rings is 1. The normalized spacial score (nSPS) is 15.8. The van der Waals surface area contributed by atoms with E-state index in [1.165, 1.54) is 0 Å². The molecule has 3 rings (SSSR count). The molecule has 2 N–H and O–H groups in total. The summed E-state index contributed by atoms with van der Waals surface area (Å²) in [5, 5.41) is 5.58. The van der Waals surface area contributed by atoms with Crippen LogP contribution < -0.4 is 10.6 Å². The van der Waals surface area contributed by atoms with Crippen LogP contribution in [0.5, 0.6) is 0 Å². The number of likely N-dealkylation sites (N-methyl/N-ethyl adjacent to an activating group) is 1. The van der Waals surface area contributed by atoms with E-state index in [2.05, 4.69) is 25.1 Å². The van der Waals surface area contributed by atoms with Crippen molar-refractivity contribution in [2.24, 2.45) is 5.41 Å². The molecule has 8 heteroatoms. The van der Waals surface area contributed by atoms with Crippen LogP contribution in [0.15, 0.2) is 18.3 Å². The number of pyridine rings is 1. The summed E-state index contributed by atoms with van der Waals surface area (Å²) in [4.78, 5) is 37.0. The molecule has 0 saturated carbocycles. The Hall–Kier alpha value is -2.74. The van der Waals surface area contributed by atoms with Crippen molar-refractivity contribution in [3.05, 3.63) is 35.4 Å². The lowest BCUT2D eigenvalue weighted by Crippen LogP contribution is -2.53. The third kappa shape index (κ3) is 4.53. The molecule has 8 nitrogen and oxygen atoms in total. The smallest absolute Gasteiger partial charge is 0.272 e. The molecule has 0 radical (unpaired) electrons. The predicted octanol–water partition coefficient (Wildman–Crippen LogP) is 1.98. The van der Waals surface area contributed by atoms with Gasteiger partial charge in [0.25, 0.3) is 5.91 Å². The molecule has 2 amide bonds. The van der Waals surface area contributed by atoms with Crippen LogP contribution in [0.3, 0.4) is 0 Å². The van der Waals surface area contributed by atoms with Gasteiger partial charge in [-0.05, 0) is 44.5 Å². The van der Waals surface area contributed by atoms with Crippen LogP contribution in [0, 0.1) is 12.3 Å². The fraction of sp³-hybridized carbons (Fsp3) is 0.545. The van der Waals surface area contributed by atoms with Gasteiger partial charge in [-0.3, -0.25) is 14.6 Å². The van der Waals surface area contributed by atoms with Crippen LogP contribution in [0.1, 0.15) is 49.1 Å². The van der Waals surface area contributed by atoms with Gasteiger partial charge in [0.1, 0.15) is 11.9 Å². The predicted molar refractivity (Wildman–Crippen MR) is 116 cm³/mol. The van der Waals surface area contributed by atoms with Crippen LogP contribution in [-0.2, 0) is 17.9 Å². The highest BCUT2D eigenvalue weighted by atomic mass is 16.2. The number of nitrogens with one attached hydrogen (secondary N) is 2. The molecular weight excluding hydrogens is 380 g/mol. The number of aromatic nitrogens is 3. The highest BCUT2D eigenvalue weighted by Crippen LogP contribution is 2.27. The Morgan fingerprint density at radius 1 is 1.23 bits per heavy atom. The molecule has 0 saturated heterocycles. The number of nitrogens with zero attached hydrogens (tertiary/aromatic N) is 4. The van der Waals surface area contributed by atoms with Crippen molar-refractivity contribution >= 4 is 11.8 Å². The van der Waals surface area contributed by atoms with Gasteiger partial charge >= 0.3 is 0 Å². The Morgan fingerprint density at radius 2 is 1.97 bits per heavy atom. The minimum absolute atomic E-state index is 0.219. The van der Waals surface area contributed by atoms with Gasteiger partial charge in [-0.2, -0.15) is 0 Å². The monoisotopic (exact) mass is 412 g/mol. The average molecular weight is 413 g/mol. The molecule has 2 aromatic heterocycles. The molecule has 1 atom stereocenters. The summed E-state index contributed by atoms with van der Waals surface area (Å²) in [5.74, 6) is 0.223. The third-order valence-corrected chi connectivity index (χ3v) is 5.43. The fourth-order valence-corrected chi connectivity index (χ4v) is 3.83. The summed E-state index contributed by atoms with van der Waals surface area (Å²) in [7, 11) is 3.62. The molecule has 0 bridgehead atoms. The Balaban J connectivity index is 2.05. The van der Waals surface area contributed by atoms with Crippen molar-refractivity contribution in [3.8, 4) is 11.4 Å². The summed E-state index contributed by atoms with van der Waals surface area (Å²) >= 11 is 0. The van der Waals surface area contributed by atoms with Gasteiger partial charge in [0.15, 0.2) is 5.69 Å². The lowest BCUT2D eigenvalue weighted by Gasteiger charge is -2.29. The molecule has 0 spiro atoms.